The molecule has 0 amide bonds. The van der Waals surface area contributed by atoms with Crippen molar-refractivity contribution in [3.05, 3.63) is 164 Å². The molecule has 3 aromatic heterocycles. The topological polar surface area (TPSA) is 47.3 Å². The number of anilines is 3. The summed E-state index contributed by atoms with van der Waals surface area (Å²) in [5.41, 5.74) is 10.1. The molecular weight excluding hydrogens is 590 g/mol. The maximum absolute atomic E-state index is 6.77. The number of oxazole rings is 1. The highest BCUT2D eigenvalue weighted by Gasteiger charge is 2.28. The number of para-hydroxylation sites is 4. The lowest BCUT2D eigenvalue weighted by Crippen LogP contribution is -2.11. The molecule has 0 N–H and O–H groups in total. The van der Waals surface area contributed by atoms with Gasteiger partial charge in [0.1, 0.15) is 16.8 Å². The monoisotopic (exact) mass is 617 g/mol. The van der Waals surface area contributed by atoms with Crippen LogP contribution in [0.1, 0.15) is 0 Å². The summed E-state index contributed by atoms with van der Waals surface area (Å²) in [5.74, 6) is 0.565. The van der Waals surface area contributed by atoms with Gasteiger partial charge in [-0.1, -0.05) is 97.1 Å². The Bertz CT molecular complexity index is 2780. The largest absolute Gasteiger partial charge is 0.454 e. The van der Waals surface area contributed by atoms with E-state index in [-0.39, 0.29) is 0 Å². The van der Waals surface area contributed by atoms with Gasteiger partial charge in [-0.2, -0.15) is 0 Å². The van der Waals surface area contributed by atoms with Crippen molar-refractivity contribution >= 4 is 71.9 Å². The molecule has 0 unspecified atom stereocenters. The number of nitrogens with zero attached hydrogens (tertiary/aromatic N) is 3. The van der Waals surface area contributed by atoms with E-state index in [9.17, 15) is 0 Å². The number of hydrogen-bond donors (Lipinski definition) is 0. The first-order valence-electron chi connectivity index (χ1n) is 16.1. The SMILES string of the molecule is c1ccc(-c2nc3cc4c(oc5ccccc54)c(N(c4ccccc4)c4cccc5c4c4ccccc4n5-c4ccccc4)c3o2)cc1. The van der Waals surface area contributed by atoms with Gasteiger partial charge >= 0.3 is 0 Å². The summed E-state index contributed by atoms with van der Waals surface area (Å²) in [5, 5.41) is 4.31. The van der Waals surface area contributed by atoms with Crippen LogP contribution in [0.5, 0.6) is 0 Å². The van der Waals surface area contributed by atoms with E-state index in [0.717, 1.165) is 77.6 Å². The second-order valence-electron chi connectivity index (χ2n) is 12.0. The normalized spacial score (nSPS) is 11.8. The minimum absolute atomic E-state index is 0.565. The summed E-state index contributed by atoms with van der Waals surface area (Å²) >= 11 is 0. The molecule has 0 aliphatic heterocycles. The molecule has 226 valence electrons. The fourth-order valence-corrected chi connectivity index (χ4v) is 7.14. The van der Waals surface area contributed by atoms with Crippen molar-refractivity contribution in [2.24, 2.45) is 0 Å². The zero-order valence-electron chi connectivity index (χ0n) is 25.7. The lowest BCUT2D eigenvalue weighted by atomic mass is 10.1. The van der Waals surface area contributed by atoms with Crippen LogP contribution in [-0.4, -0.2) is 9.55 Å². The molecule has 3 heterocycles. The molecule has 5 heteroatoms. The Balaban J connectivity index is 1.37. The van der Waals surface area contributed by atoms with E-state index in [0.29, 0.717) is 11.5 Å². The zero-order chi connectivity index (χ0) is 31.6. The Kier molecular flexibility index (Phi) is 5.81. The quantitative estimate of drug-likeness (QED) is 0.193. The third-order valence-electron chi connectivity index (χ3n) is 9.19. The molecule has 0 bridgehead atoms. The standard InChI is InChI=1S/C43H27N3O2/c1-4-15-28(16-5-1)43-44-34-27-33-31-21-11-13-26-38(31)47-41(33)40(42(34)48-43)46(30-19-8-3-9-20-30)37-25-14-24-36-39(37)32-22-10-12-23-35(32)45(36)29-17-6-2-7-18-29/h1-27H. The van der Waals surface area contributed by atoms with Gasteiger partial charge in [-0.15, -0.1) is 0 Å². The van der Waals surface area contributed by atoms with Gasteiger partial charge in [0.2, 0.25) is 5.89 Å². The van der Waals surface area contributed by atoms with Crippen molar-refractivity contribution in [3.8, 4) is 17.1 Å². The Morgan fingerprint density at radius 2 is 1.19 bits per heavy atom. The second-order valence-corrected chi connectivity index (χ2v) is 12.0. The van der Waals surface area contributed by atoms with Crippen molar-refractivity contribution in [1.82, 2.24) is 9.55 Å². The fourth-order valence-electron chi connectivity index (χ4n) is 7.14. The number of hydrogen-bond acceptors (Lipinski definition) is 4. The molecule has 5 nitrogen and oxygen atoms in total. The molecule has 7 aromatic carbocycles. The molecule has 48 heavy (non-hydrogen) atoms. The number of aromatic nitrogens is 2. The Morgan fingerprint density at radius 3 is 2.00 bits per heavy atom. The molecule has 0 fully saturated rings. The van der Waals surface area contributed by atoms with E-state index in [4.69, 9.17) is 13.8 Å². The number of fused-ring (bicyclic) bond motifs is 7. The van der Waals surface area contributed by atoms with E-state index in [2.05, 4.69) is 119 Å². The highest BCUT2D eigenvalue weighted by Crippen LogP contribution is 2.50. The molecule has 0 spiro atoms. The maximum Gasteiger partial charge on any atom is 0.227 e. The van der Waals surface area contributed by atoms with Crippen LogP contribution in [0, 0.1) is 0 Å². The Hall–Kier alpha value is -6.59. The number of furan rings is 1. The summed E-state index contributed by atoms with van der Waals surface area (Å²) in [6, 6.07) is 56.5. The van der Waals surface area contributed by atoms with Gasteiger partial charge in [0.15, 0.2) is 11.2 Å². The first-order chi connectivity index (χ1) is 23.8. The number of benzene rings is 7. The minimum Gasteiger partial charge on any atom is -0.454 e. The van der Waals surface area contributed by atoms with Gasteiger partial charge in [-0.3, -0.25) is 0 Å². The predicted octanol–water partition coefficient (Wildman–Crippen LogP) is 12.0. The van der Waals surface area contributed by atoms with Crippen LogP contribution in [-0.2, 0) is 0 Å². The molecule has 0 aliphatic carbocycles. The van der Waals surface area contributed by atoms with E-state index in [1.54, 1.807) is 0 Å². The summed E-state index contributed by atoms with van der Waals surface area (Å²) in [6.07, 6.45) is 0. The van der Waals surface area contributed by atoms with E-state index >= 15 is 0 Å². The average molecular weight is 618 g/mol. The van der Waals surface area contributed by atoms with Gasteiger partial charge < -0.3 is 18.3 Å². The lowest BCUT2D eigenvalue weighted by Gasteiger charge is -2.26. The van der Waals surface area contributed by atoms with E-state index in [1.165, 1.54) is 0 Å². The molecule has 0 saturated heterocycles. The van der Waals surface area contributed by atoms with Crippen LogP contribution < -0.4 is 4.90 Å². The molecule has 10 aromatic rings. The molecule has 0 atom stereocenters. The number of rotatable bonds is 5. The van der Waals surface area contributed by atoms with Gasteiger partial charge in [-0.05, 0) is 66.7 Å². The molecule has 10 rings (SSSR count). The Morgan fingerprint density at radius 1 is 0.521 bits per heavy atom. The first kappa shape index (κ1) is 26.6. The zero-order valence-corrected chi connectivity index (χ0v) is 25.7. The minimum atomic E-state index is 0.565. The van der Waals surface area contributed by atoms with Gasteiger partial charge in [0.05, 0.1) is 16.7 Å². The van der Waals surface area contributed by atoms with Crippen molar-refractivity contribution in [2.75, 3.05) is 4.90 Å². The van der Waals surface area contributed by atoms with E-state index in [1.807, 2.05) is 54.6 Å². The molecule has 0 saturated carbocycles. The average Bonchev–Trinajstić information content (AvgIpc) is 3.85. The fraction of sp³-hybridized carbons (Fsp3) is 0. The van der Waals surface area contributed by atoms with E-state index < -0.39 is 0 Å². The van der Waals surface area contributed by atoms with Crippen molar-refractivity contribution in [2.45, 2.75) is 0 Å². The van der Waals surface area contributed by atoms with Crippen LogP contribution in [0.25, 0.3) is 72.0 Å². The third kappa shape index (κ3) is 3.94. The van der Waals surface area contributed by atoms with Gasteiger partial charge in [-0.25, -0.2) is 4.98 Å². The van der Waals surface area contributed by atoms with Crippen LogP contribution in [0.15, 0.2) is 173 Å². The highest BCUT2D eigenvalue weighted by atomic mass is 16.4. The van der Waals surface area contributed by atoms with Crippen LogP contribution in [0.4, 0.5) is 17.1 Å². The molecular formula is C43H27N3O2. The summed E-state index contributed by atoms with van der Waals surface area (Å²) in [6.45, 7) is 0. The molecule has 0 radical (unpaired) electrons. The summed E-state index contributed by atoms with van der Waals surface area (Å²) in [7, 11) is 0. The van der Waals surface area contributed by atoms with Crippen molar-refractivity contribution in [3.63, 3.8) is 0 Å². The van der Waals surface area contributed by atoms with Gasteiger partial charge in [0, 0.05) is 38.5 Å². The first-order valence-corrected chi connectivity index (χ1v) is 16.1. The lowest BCUT2D eigenvalue weighted by molar-refractivity contribution is 0.618. The van der Waals surface area contributed by atoms with Crippen molar-refractivity contribution < 1.29 is 8.83 Å². The van der Waals surface area contributed by atoms with Crippen molar-refractivity contribution in [1.29, 1.82) is 0 Å². The second kappa shape index (κ2) is 10.5. The van der Waals surface area contributed by atoms with Gasteiger partial charge in [0.25, 0.3) is 0 Å². The van der Waals surface area contributed by atoms with Crippen LogP contribution in [0.3, 0.4) is 0 Å². The summed E-state index contributed by atoms with van der Waals surface area (Å²) < 4.78 is 15.9. The Labute approximate surface area is 275 Å². The highest BCUT2D eigenvalue weighted by molar-refractivity contribution is 6.21. The maximum atomic E-state index is 6.77. The molecule has 0 aliphatic rings. The predicted molar refractivity (Wildman–Crippen MR) is 196 cm³/mol. The van der Waals surface area contributed by atoms with Crippen LogP contribution >= 0.6 is 0 Å². The summed E-state index contributed by atoms with van der Waals surface area (Å²) in [4.78, 5) is 7.36. The van der Waals surface area contributed by atoms with Crippen LogP contribution in [0.2, 0.25) is 0 Å². The third-order valence-corrected chi connectivity index (χ3v) is 9.19. The smallest absolute Gasteiger partial charge is 0.227 e.